The molecule has 19 nitrogen and oxygen atoms in total. The van der Waals surface area contributed by atoms with E-state index < -0.39 is 49.7 Å². The zero-order chi connectivity index (χ0) is 39.1. The fourth-order valence-corrected chi connectivity index (χ4v) is 5.61. The quantitative estimate of drug-likeness (QED) is 0.0304. The minimum Gasteiger partial charge on any atom is -0.481 e. The topological polar surface area (TPSA) is 270 Å². The van der Waals surface area contributed by atoms with E-state index in [1.54, 1.807) is 43.4 Å². The number of hydrogen-bond donors (Lipinski definition) is 6. The predicted octanol–water partition coefficient (Wildman–Crippen LogP) is 3.82. The summed E-state index contributed by atoms with van der Waals surface area (Å²) in [5.74, 6) is -3.84. The second-order valence-corrected chi connectivity index (χ2v) is 12.7. The molecular formula is C34H36N7O12P. The second-order valence-electron chi connectivity index (χ2n) is 11.1. The van der Waals surface area contributed by atoms with E-state index in [0.29, 0.717) is 29.9 Å². The molecule has 284 valence electrons. The molecule has 0 spiro atoms. The van der Waals surface area contributed by atoms with E-state index in [-0.39, 0.29) is 61.0 Å². The lowest BCUT2D eigenvalue weighted by atomic mass is 10.1. The van der Waals surface area contributed by atoms with E-state index in [1.165, 1.54) is 24.4 Å². The molecule has 0 radical (unpaired) electrons. The van der Waals surface area contributed by atoms with Crippen LogP contribution in [0.4, 0.5) is 17.3 Å². The number of carbonyl (C=O) groups excluding carboxylic acids is 2. The number of rotatable bonds is 21. The molecule has 0 aliphatic rings. The Balaban J connectivity index is 1.32. The summed E-state index contributed by atoms with van der Waals surface area (Å²) in [7, 11) is -3.85. The number of carboxylic acid groups (broad SMARTS) is 2. The number of benzene rings is 2. The molecule has 54 heavy (non-hydrogen) atoms. The molecule has 0 saturated carbocycles. The SMILES string of the molecule is C#COP(=O)(OCC)OCCCCOC(=O)c1ccccc1Nc1nc2ncc(CNc3ccc(C(=O)N[C@@H](CCC(=O)O)C(=O)O)cc3)nc2c(=O)[nH]1. The molecular weight excluding hydrogens is 729 g/mol. The number of unbranched alkanes of at least 4 members (excludes halogenated alkanes) is 1. The van der Waals surface area contributed by atoms with E-state index in [2.05, 4.69) is 40.4 Å². The maximum Gasteiger partial charge on any atom is 0.538 e. The third-order valence-corrected chi connectivity index (χ3v) is 8.61. The summed E-state index contributed by atoms with van der Waals surface area (Å²) < 4.78 is 32.3. The normalized spacial score (nSPS) is 12.4. The first-order valence-corrected chi connectivity index (χ1v) is 17.8. The molecule has 20 heteroatoms. The largest absolute Gasteiger partial charge is 0.538 e. The van der Waals surface area contributed by atoms with Gasteiger partial charge in [0.1, 0.15) is 12.1 Å². The molecule has 6 N–H and O–H groups in total. The molecule has 4 rings (SSSR count). The summed E-state index contributed by atoms with van der Waals surface area (Å²) in [6.45, 7) is 1.84. The van der Waals surface area contributed by atoms with Crippen LogP contribution in [0, 0.1) is 12.5 Å². The summed E-state index contributed by atoms with van der Waals surface area (Å²) in [5, 5.41) is 26.4. The van der Waals surface area contributed by atoms with Gasteiger partial charge in [-0.05, 0) is 62.6 Å². The smallest absolute Gasteiger partial charge is 0.481 e. The van der Waals surface area contributed by atoms with Crippen molar-refractivity contribution in [1.29, 1.82) is 0 Å². The number of carboxylic acids is 2. The number of H-pyrrole nitrogens is 1. The second kappa shape index (κ2) is 19.5. The molecule has 1 unspecified atom stereocenters. The third-order valence-electron chi connectivity index (χ3n) is 7.21. The number of aliphatic carboxylic acids is 2. The number of ether oxygens (including phenoxy) is 1. The Morgan fingerprint density at radius 1 is 1.02 bits per heavy atom. The van der Waals surface area contributed by atoms with Gasteiger partial charge in [-0.15, -0.1) is 0 Å². The number of carbonyl (C=O) groups is 4. The number of esters is 1. The van der Waals surface area contributed by atoms with Gasteiger partial charge in [0.05, 0.1) is 49.5 Å². The number of phosphoric acid groups is 1. The van der Waals surface area contributed by atoms with Crippen LogP contribution in [0.3, 0.4) is 0 Å². The fourth-order valence-electron chi connectivity index (χ4n) is 4.63. The van der Waals surface area contributed by atoms with Crippen molar-refractivity contribution < 1.29 is 52.3 Å². The Morgan fingerprint density at radius 3 is 2.46 bits per heavy atom. The highest BCUT2D eigenvalue weighted by atomic mass is 31.2. The maximum absolute atomic E-state index is 13.0. The number of phosphoric ester groups is 1. The standard InChI is InChI=1S/C34H36N7O12P/c1-3-51-54(49,52-4-2)53-18-8-7-17-50-33(48)24-9-5-6-10-25(24)39-34-40-29-28(31(45)41-34)37-23(20-36-29)19-35-22-13-11-21(12-14-22)30(44)38-26(32(46)47)15-16-27(42)43/h1,5-6,9-14,20,26,35H,4,7-8,15-19H2,2H3,(H,38,44)(H,42,43)(H,46,47)(H2,36,39,40,41,45)/t26-,54?/m0/s1. The van der Waals surface area contributed by atoms with Crippen molar-refractivity contribution in [2.45, 2.75) is 45.2 Å². The van der Waals surface area contributed by atoms with Gasteiger partial charge >= 0.3 is 25.7 Å². The van der Waals surface area contributed by atoms with Gasteiger partial charge in [0.2, 0.25) is 5.95 Å². The van der Waals surface area contributed by atoms with E-state index in [1.807, 2.05) is 0 Å². The van der Waals surface area contributed by atoms with Crippen molar-refractivity contribution in [3.63, 3.8) is 0 Å². The average molecular weight is 766 g/mol. The van der Waals surface area contributed by atoms with Crippen LogP contribution < -0.4 is 21.5 Å². The van der Waals surface area contributed by atoms with Crippen molar-refractivity contribution in [3.8, 4) is 12.5 Å². The van der Waals surface area contributed by atoms with Crippen molar-refractivity contribution in [2.24, 2.45) is 0 Å². The van der Waals surface area contributed by atoms with Crippen LogP contribution in [0.5, 0.6) is 0 Å². The lowest BCUT2D eigenvalue weighted by Crippen LogP contribution is -2.41. The van der Waals surface area contributed by atoms with Gasteiger partial charge in [-0.2, -0.15) is 4.98 Å². The van der Waals surface area contributed by atoms with Crippen LogP contribution in [-0.4, -0.2) is 79.8 Å². The third kappa shape index (κ3) is 11.8. The molecule has 0 saturated heterocycles. The zero-order valence-corrected chi connectivity index (χ0v) is 29.7. The molecule has 4 aromatic rings. The predicted molar refractivity (Wildman–Crippen MR) is 192 cm³/mol. The monoisotopic (exact) mass is 765 g/mol. The summed E-state index contributed by atoms with van der Waals surface area (Å²) in [6, 6.07) is 11.2. The summed E-state index contributed by atoms with van der Waals surface area (Å²) >= 11 is 0. The van der Waals surface area contributed by atoms with Crippen LogP contribution in [-0.2, 0) is 39.0 Å². The Hall–Kier alpha value is -6.35. The highest BCUT2D eigenvalue weighted by Gasteiger charge is 2.26. The van der Waals surface area contributed by atoms with Gasteiger partial charge in [0.15, 0.2) is 11.2 Å². The maximum atomic E-state index is 13.0. The molecule has 2 heterocycles. The molecule has 0 aliphatic carbocycles. The molecule has 1 amide bonds. The van der Waals surface area contributed by atoms with E-state index in [4.69, 9.17) is 25.3 Å². The Kier molecular flexibility index (Phi) is 14.6. The fraction of sp³-hybridized carbons (Fsp3) is 0.294. The first-order valence-electron chi connectivity index (χ1n) is 16.3. The molecule has 0 bridgehead atoms. The van der Waals surface area contributed by atoms with Crippen LogP contribution in [0.2, 0.25) is 0 Å². The number of terminal acetylenes is 1. The van der Waals surface area contributed by atoms with Gasteiger partial charge in [-0.3, -0.25) is 28.4 Å². The number of aromatic nitrogens is 4. The molecule has 0 aliphatic heterocycles. The highest BCUT2D eigenvalue weighted by Crippen LogP contribution is 2.49. The van der Waals surface area contributed by atoms with Gasteiger partial charge in [-0.25, -0.2) is 24.1 Å². The average Bonchev–Trinajstić information content (AvgIpc) is 3.14. The van der Waals surface area contributed by atoms with Crippen molar-refractivity contribution in [3.05, 3.63) is 81.9 Å². The number of anilines is 3. The number of aromatic amines is 1. The minimum atomic E-state index is -3.85. The minimum absolute atomic E-state index is 0.00122. The van der Waals surface area contributed by atoms with Crippen molar-refractivity contribution in [2.75, 3.05) is 30.5 Å². The number of amides is 1. The van der Waals surface area contributed by atoms with E-state index >= 15 is 0 Å². The van der Waals surface area contributed by atoms with Crippen LogP contribution in [0.25, 0.3) is 11.2 Å². The Labute approximate surface area is 307 Å². The number of fused-ring (bicyclic) bond motifs is 1. The number of para-hydroxylation sites is 1. The Morgan fingerprint density at radius 2 is 1.76 bits per heavy atom. The van der Waals surface area contributed by atoms with Gasteiger partial charge in [-0.1, -0.05) is 18.6 Å². The highest BCUT2D eigenvalue weighted by molar-refractivity contribution is 7.48. The van der Waals surface area contributed by atoms with E-state index in [0.717, 1.165) is 0 Å². The van der Waals surface area contributed by atoms with Crippen molar-refractivity contribution in [1.82, 2.24) is 25.3 Å². The van der Waals surface area contributed by atoms with E-state index in [9.17, 15) is 33.6 Å². The van der Waals surface area contributed by atoms with Crippen LogP contribution in [0.1, 0.15) is 59.0 Å². The van der Waals surface area contributed by atoms with Gasteiger partial charge < -0.3 is 35.4 Å². The molecule has 2 atom stereocenters. The van der Waals surface area contributed by atoms with Crippen LogP contribution in [0.15, 0.2) is 59.5 Å². The first kappa shape index (κ1) is 40.4. The first-order chi connectivity index (χ1) is 25.9. The van der Waals surface area contributed by atoms with Crippen molar-refractivity contribution >= 4 is 60.1 Å². The molecule has 2 aromatic heterocycles. The lowest BCUT2D eigenvalue weighted by molar-refractivity contribution is -0.140. The number of nitrogens with zero attached hydrogens (tertiary/aromatic N) is 3. The Bertz CT molecular complexity index is 2120. The van der Waals surface area contributed by atoms with Gasteiger partial charge in [0, 0.05) is 17.7 Å². The van der Waals surface area contributed by atoms with Crippen LogP contribution >= 0.6 is 7.82 Å². The number of hydrogen-bond acceptors (Lipinski definition) is 15. The van der Waals surface area contributed by atoms with Gasteiger partial charge in [0.25, 0.3) is 11.5 Å². The molecule has 0 fully saturated rings. The summed E-state index contributed by atoms with van der Waals surface area (Å²) in [4.78, 5) is 76.1. The summed E-state index contributed by atoms with van der Waals surface area (Å²) in [6.07, 6.45) is 8.29. The lowest BCUT2D eigenvalue weighted by Gasteiger charge is -2.14. The molecule has 2 aromatic carbocycles. The number of nitrogens with one attached hydrogen (secondary N) is 4. The zero-order valence-electron chi connectivity index (χ0n) is 28.8. The summed E-state index contributed by atoms with van der Waals surface area (Å²) in [5.41, 5.74) is 0.998.